The van der Waals surface area contributed by atoms with Gasteiger partial charge in [-0.1, -0.05) is 6.07 Å². The van der Waals surface area contributed by atoms with Gasteiger partial charge >= 0.3 is 0 Å². The number of fused-ring (bicyclic) bond motifs is 1. The molecular weight excluding hydrogens is 271 g/mol. The van der Waals surface area contributed by atoms with Gasteiger partial charge in [0.1, 0.15) is 4.33 Å². The van der Waals surface area contributed by atoms with Gasteiger partial charge in [-0.3, -0.25) is 4.79 Å². The molecule has 1 amide bonds. The van der Waals surface area contributed by atoms with Gasteiger partial charge in [0.2, 0.25) is 5.91 Å². The van der Waals surface area contributed by atoms with Gasteiger partial charge in [0.25, 0.3) is 0 Å². The van der Waals surface area contributed by atoms with Crippen molar-refractivity contribution >= 4 is 34.8 Å². The number of nitrogens with one attached hydrogen (secondary N) is 2. The fourth-order valence-corrected chi connectivity index (χ4v) is 2.79. The minimum atomic E-state index is -0.861. The molecule has 0 spiro atoms. The molecule has 1 aromatic carbocycles. The molecule has 3 rings (SSSR count). The van der Waals surface area contributed by atoms with Gasteiger partial charge in [-0.15, -0.1) is 23.2 Å². The van der Waals surface area contributed by atoms with E-state index in [1.165, 1.54) is 11.1 Å². The molecule has 2 aliphatic rings. The Morgan fingerprint density at radius 1 is 1.39 bits per heavy atom. The highest BCUT2D eigenvalue weighted by molar-refractivity contribution is 6.52. The maximum Gasteiger partial charge on any atom is 0.230 e. The average Bonchev–Trinajstić information content (AvgIpc) is 2.98. The Hall–Kier alpha value is -0.770. The van der Waals surface area contributed by atoms with Crippen LogP contribution in [0.2, 0.25) is 0 Å². The second-order valence-corrected chi connectivity index (χ2v) is 6.46. The van der Waals surface area contributed by atoms with Crippen molar-refractivity contribution in [3.8, 4) is 0 Å². The number of carbonyl (C=O) groups excluding carboxylic acids is 1. The first-order valence-corrected chi connectivity index (χ1v) is 6.83. The van der Waals surface area contributed by atoms with Crippen molar-refractivity contribution in [1.29, 1.82) is 0 Å². The Morgan fingerprint density at radius 2 is 2.17 bits per heavy atom. The molecule has 1 aliphatic carbocycles. The Balaban J connectivity index is 1.72. The van der Waals surface area contributed by atoms with E-state index in [1.807, 2.05) is 12.1 Å². The molecule has 3 nitrogen and oxygen atoms in total. The van der Waals surface area contributed by atoms with Crippen LogP contribution >= 0.6 is 23.2 Å². The number of carbonyl (C=O) groups is 1. The number of alkyl halides is 2. The number of hydrogen-bond acceptors (Lipinski definition) is 2. The second kappa shape index (κ2) is 4.41. The van der Waals surface area contributed by atoms with E-state index in [2.05, 4.69) is 16.7 Å². The fourth-order valence-electron chi connectivity index (χ4n) is 2.29. The zero-order valence-electron chi connectivity index (χ0n) is 9.80. The van der Waals surface area contributed by atoms with Crippen molar-refractivity contribution in [2.45, 2.75) is 23.7 Å². The van der Waals surface area contributed by atoms with Gasteiger partial charge in [0.15, 0.2) is 0 Å². The number of anilines is 1. The summed E-state index contributed by atoms with van der Waals surface area (Å²) in [5.41, 5.74) is 3.42. The third-order valence-electron chi connectivity index (χ3n) is 3.50. The third-order valence-corrected chi connectivity index (χ3v) is 4.34. The van der Waals surface area contributed by atoms with E-state index in [0.29, 0.717) is 6.42 Å². The molecule has 5 heteroatoms. The smallest absolute Gasteiger partial charge is 0.230 e. The first-order valence-electron chi connectivity index (χ1n) is 6.07. The van der Waals surface area contributed by atoms with Crippen LogP contribution in [0.3, 0.4) is 0 Å². The van der Waals surface area contributed by atoms with Crippen molar-refractivity contribution in [3.05, 3.63) is 29.3 Å². The first-order chi connectivity index (χ1) is 8.56. The van der Waals surface area contributed by atoms with Crippen LogP contribution in [0.25, 0.3) is 0 Å². The molecule has 1 aliphatic heterocycles. The van der Waals surface area contributed by atoms with Crippen molar-refractivity contribution in [2.75, 3.05) is 11.9 Å². The summed E-state index contributed by atoms with van der Waals surface area (Å²) >= 11 is 11.8. The summed E-state index contributed by atoms with van der Waals surface area (Å²) in [6.07, 6.45) is 1.58. The number of benzene rings is 1. The van der Waals surface area contributed by atoms with E-state index < -0.39 is 4.33 Å². The topological polar surface area (TPSA) is 41.1 Å². The number of amides is 1. The summed E-state index contributed by atoms with van der Waals surface area (Å²) in [6, 6.07) is 6.04. The lowest BCUT2D eigenvalue weighted by molar-refractivity contribution is -0.117. The third kappa shape index (κ3) is 2.35. The lowest BCUT2D eigenvalue weighted by Crippen LogP contribution is -2.24. The standard InChI is InChI=1S/C13H14Cl2N2O/c14-13(15)6-11(13)12(18)17-10-2-1-8-3-4-16-7-9(8)5-10/h1-2,5,11,16H,3-4,6-7H2,(H,17,18)/t11-/m0/s1. The van der Waals surface area contributed by atoms with Gasteiger partial charge < -0.3 is 10.6 Å². The van der Waals surface area contributed by atoms with Gasteiger partial charge in [-0.2, -0.15) is 0 Å². The highest BCUT2D eigenvalue weighted by Gasteiger charge is 2.56. The van der Waals surface area contributed by atoms with E-state index in [9.17, 15) is 4.79 Å². The van der Waals surface area contributed by atoms with Crippen molar-refractivity contribution in [3.63, 3.8) is 0 Å². The minimum absolute atomic E-state index is 0.0938. The van der Waals surface area contributed by atoms with E-state index >= 15 is 0 Å². The molecule has 0 saturated heterocycles. The lowest BCUT2D eigenvalue weighted by Gasteiger charge is -2.18. The highest BCUT2D eigenvalue weighted by Crippen LogP contribution is 2.53. The van der Waals surface area contributed by atoms with Crippen LogP contribution in [0.1, 0.15) is 17.5 Å². The molecule has 0 unspecified atom stereocenters. The van der Waals surface area contributed by atoms with Gasteiger partial charge in [0, 0.05) is 12.2 Å². The zero-order chi connectivity index (χ0) is 12.8. The van der Waals surface area contributed by atoms with Crippen LogP contribution < -0.4 is 10.6 Å². The summed E-state index contributed by atoms with van der Waals surface area (Å²) in [7, 11) is 0. The van der Waals surface area contributed by atoms with Gasteiger partial charge in [-0.25, -0.2) is 0 Å². The minimum Gasteiger partial charge on any atom is -0.326 e. The van der Waals surface area contributed by atoms with Crippen LogP contribution in [-0.4, -0.2) is 16.8 Å². The molecule has 1 aromatic rings. The molecule has 96 valence electrons. The Kier molecular flexibility index (Phi) is 3.00. The largest absolute Gasteiger partial charge is 0.326 e. The van der Waals surface area contributed by atoms with Crippen LogP contribution in [0, 0.1) is 5.92 Å². The average molecular weight is 285 g/mol. The maximum atomic E-state index is 11.9. The molecular formula is C13H14Cl2N2O. The van der Waals surface area contributed by atoms with E-state index in [-0.39, 0.29) is 11.8 Å². The zero-order valence-corrected chi connectivity index (χ0v) is 11.3. The second-order valence-electron chi connectivity index (χ2n) is 4.92. The highest BCUT2D eigenvalue weighted by atomic mass is 35.5. The van der Waals surface area contributed by atoms with Crippen LogP contribution in [-0.2, 0) is 17.8 Å². The monoisotopic (exact) mass is 284 g/mol. The van der Waals surface area contributed by atoms with E-state index in [1.54, 1.807) is 0 Å². The molecule has 1 fully saturated rings. The summed E-state index contributed by atoms with van der Waals surface area (Å²) in [5.74, 6) is -0.376. The molecule has 1 atom stereocenters. The summed E-state index contributed by atoms with van der Waals surface area (Å²) in [5, 5.41) is 6.19. The van der Waals surface area contributed by atoms with Crippen molar-refractivity contribution in [2.24, 2.45) is 5.92 Å². The predicted octanol–water partition coefficient (Wildman–Crippen LogP) is 2.46. The molecule has 1 saturated carbocycles. The lowest BCUT2D eigenvalue weighted by atomic mass is 10.0. The first kappa shape index (κ1) is 12.3. The van der Waals surface area contributed by atoms with Crippen LogP contribution in [0.5, 0.6) is 0 Å². The maximum absolute atomic E-state index is 11.9. The fraction of sp³-hybridized carbons (Fsp3) is 0.462. The van der Waals surface area contributed by atoms with Crippen LogP contribution in [0.15, 0.2) is 18.2 Å². The normalized spacial score (nSPS) is 24.2. The summed E-state index contributed by atoms with van der Waals surface area (Å²) in [4.78, 5) is 11.9. The molecule has 2 N–H and O–H groups in total. The summed E-state index contributed by atoms with van der Waals surface area (Å²) in [6.45, 7) is 1.87. The number of hydrogen-bond donors (Lipinski definition) is 2. The Bertz CT molecular complexity index is 502. The predicted molar refractivity (Wildman–Crippen MR) is 73.0 cm³/mol. The SMILES string of the molecule is O=C(Nc1ccc2c(c1)CNCC2)[C@@H]1CC1(Cl)Cl. The Labute approximate surface area is 116 Å². The van der Waals surface area contributed by atoms with Crippen molar-refractivity contribution < 1.29 is 4.79 Å². The van der Waals surface area contributed by atoms with Gasteiger partial charge in [-0.05, 0) is 42.6 Å². The quantitative estimate of drug-likeness (QED) is 0.820. The van der Waals surface area contributed by atoms with E-state index in [0.717, 1.165) is 25.2 Å². The van der Waals surface area contributed by atoms with Gasteiger partial charge in [0.05, 0.1) is 5.92 Å². The van der Waals surface area contributed by atoms with Crippen molar-refractivity contribution in [1.82, 2.24) is 5.32 Å². The Morgan fingerprint density at radius 3 is 2.89 bits per heavy atom. The van der Waals surface area contributed by atoms with E-state index in [4.69, 9.17) is 23.2 Å². The molecule has 1 heterocycles. The number of halogens is 2. The molecule has 18 heavy (non-hydrogen) atoms. The molecule has 0 aromatic heterocycles. The van der Waals surface area contributed by atoms with Crippen LogP contribution in [0.4, 0.5) is 5.69 Å². The number of rotatable bonds is 2. The summed E-state index contributed by atoms with van der Waals surface area (Å²) < 4.78 is -0.861. The molecule has 0 radical (unpaired) electrons. The molecule has 0 bridgehead atoms.